The molecule has 0 saturated carbocycles. The van der Waals surface area contributed by atoms with Gasteiger partial charge in [0.25, 0.3) is 0 Å². The fourth-order valence-electron chi connectivity index (χ4n) is 3.59. The van der Waals surface area contributed by atoms with Crippen molar-refractivity contribution in [1.82, 2.24) is 19.5 Å². The van der Waals surface area contributed by atoms with Gasteiger partial charge >= 0.3 is 0 Å². The number of hydrogen-bond donors (Lipinski definition) is 1. The van der Waals surface area contributed by atoms with Gasteiger partial charge in [0.1, 0.15) is 4.90 Å². The Kier molecular flexibility index (Phi) is 5.48. The highest BCUT2D eigenvalue weighted by Crippen LogP contribution is 2.29. The molecular formula is C20H21ClN4O2S. The highest BCUT2D eigenvalue weighted by atomic mass is 35.5. The third kappa shape index (κ3) is 3.97. The third-order valence-electron chi connectivity index (χ3n) is 5.07. The Labute approximate surface area is 169 Å². The van der Waals surface area contributed by atoms with Crippen LogP contribution >= 0.6 is 11.6 Å². The second-order valence-electron chi connectivity index (χ2n) is 6.96. The zero-order valence-electron chi connectivity index (χ0n) is 15.3. The number of nitrogens with zero attached hydrogens (tertiary/aromatic N) is 3. The highest BCUT2D eigenvalue weighted by Gasteiger charge is 2.32. The molecule has 0 radical (unpaired) electrons. The molecule has 3 aromatic rings. The molecule has 0 amide bonds. The number of H-pyrrole nitrogens is 1. The Balaban J connectivity index is 1.54. The van der Waals surface area contributed by atoms with Gasteiger partial charge < -0.3 is 0 Å². The SMILES string of the molecule is O=S(=O)(c1cn[nH]c1)N1CCC[C@H](c2cccc(Cc3ccccc3Cl)n2)C1. The molecule has 28 heavy (non-hydrogen) atoms. The normalized spacial score (nSPS) is 18.2. The largest absolute Gasteiger partial charge is 0.284 e. The minimum Gasteiger partial charge on any atom is -0.284 e. The Morgan fingerprint density at radius 2 is 2.04 bits per heavy atom. The average molecular weight is 417 g/mol. The van der Waals surface area contributed by atoms with Crippen molar-refractivity contribution < 1.29 is 8.42 Å². The molecule has 146 valence electrons. The van der Waals surface area contributed by atoms with Crippen LogP contribution in [0.5, 0.6) is 0 Å². The van der Waals surface area contributed by atoms with E-state index in [0.29, 0.717) is 19.5 Å². The van der Waals surface area contributed by atoms with E-state index in [1.54, 1.807) is 0 Å². The van der Waals surface area contributed by atoms with Crippen LogP contribution in [0.1, 0.15) is 35.7 Å². The summed E-state index contributed by atoms with van der Waals surface area (Å²) in [5.41, 5.74) is 2.89. The number of hydrogen-bond acceptors (Lipinski definition) is 4. The molecule has 1 saturated heterocycles. The lowest BCUT2D eigenvalue weighted by molar-refractivity contribution is 0.312. The number of piperidine rings is 1. The van der Waals surface area contributed by atoms with Crippen LogP contribution < -0.4 is 0 Å². The summed E-state index contributed by atoms with van der Waals surface area (Å²) in [6.45, 7) is 0.944. The number of pyridine rings is 1. The average Bonchev–Trinajstić information content (AvgIpc) is 3.26. The highest BCUT2D eigenvalue weighted by molar-refractivity contribution is 7.89. The first-order valence-corrected chi connectivity index (χ1v) is 11.0. The summed E-state index contributed by atoms with van der Waals surface area (Å²) in [5.74, 6) is 0.0709. The molecule has 1 aliphatic heterocycles. The maximum Gasteiger partial charge on any atom is 0.246 e. The molecule has 8 heteroatoms. The second kappa shape index (κ2) is 8.03. The van der Waals surface area contributed by atoms with Crippen molar-refractivity contribution in [2.75, 3.05) is 13.1 Å². The zero-order valence-corrected chi connectivity index (χ0v) is 16.8. The van der Waals surface area contributed by atoms with Crippen molar-refractivity contribution in [3.8, 4) is 0 Å². The molecule has 1 N–H and O–H groups in total. The summed E-state index contributed by atoms with van der Waals surface area (Å²) in [6, 6.07) is 13.7. The van der Waals surface area contributed by atoms with E-state index in [9.17, 15) is 8.42 Å². The molecule has 0 spiro atoms. The maximum absolute atomic E-state index is 12.8. The van der Waals surface area contributed by atoms with Gasteiger partial charge in [0.15, 0.2) is 0 Å². The Morgan fingerprint density at radius 3 is 2.82 bits per heavy atom. The lowest BCUT2D eigenvalue weighted by Crippen LogP contribution is -2.39. The number of aromatic nitrogens is 3. The first kappa shape index (κ1) is 19.1. The molecule has 1 aliphatic rings. The summed E-state index contributed by atoms with van der Waals surface area (Å²) in [6.07, 6.45) is 5.14. The second-order valence-corrected chi connectivity index (χ2v) is 9.30. The van der Waals surface area contributed by atoms with Crippen molar-refractivity contribution in [1.29, 1.82) is 0 Å². The fraction of sp³-hybridized carbons (Fsp3) is 0.300. The van der Waals surface area contributed by atoms with Crippen molar-refractivity contribution >= 4 is 21.6 Å². The van der Waals surface area contributed by atoms with Gasteiger partial charge in [0.05, 0.1) is 6.20 Å². The molecule has 0 bridgehead atoms. The lowest BCUT2D eigenvalue weighted by atomic mass is 9.95. The number of nitrogens with one attached hydrogen (secondary N) is 1. The van der Waals surface area contributed by atoms with Crippen molar-refractivity contribution in [2.45, 2.75) is 30.1 Å². The van der Waals surface area contributed by atoms with Crippen LogP contribution in [-0.2, 0) is 16.4 Å². The quantitative estimate of drug-likeness (QED) is 0.689. The molecule has 3 heterocycles. The molecular weight excluding hydrogens is 396 g/mol. The van der Waals surface area contributed by atoms with E-state index >= 15 is 0 Å². The van der Waals surface area contributed by atoms with E-state index < -0.39 is 10.0 Å². The topological polar surface area (TPSA) is 79.0 Å². The number of aromatic amines is 1. The van der Waals surface area contributed by atoms with Gasteiger partial charge in [-0.3, -0.25) is 10.1 Å². The van der Waals surface area contributed by atoms with E-state index in [0.717, 1.165) is 34.8 Å². The smallest absolute Gasteiger partial charge is 0.246 e. The van der Waals surface area contributed by atoms with E-state index in [1.165, 1.54) is 16.7 Å². The predicted molar refractivity (Wildman–Crippen MR) is 108 cm³/mol. The van der Waals surface area contributed by atoms with E-state index in [4.69, 9.17) is 16.6 Å². The summed E-state index contributed by atoms with van der Waals surface area (Å²) < 4.78 is 27.1. The molecule has 1 atom stereocenters. The predicted octanol–water partition coefficient (Wildman–Crippen LogP) is 3.62. The van der Waals surface area contributed by atoms with Gasteiger partial charge in [0.2, 0.25) is 10.0 Å². The van der Waals surface area contributed by atoms with E-state index in [1.807, 2.05) is 42.5 Å². The van der Waals surface area contributed by atoms with Crippen molar-refractivity contribution in [2.24, 2.45) is 0 Å². The van der Waals surface area contributed by atoms with Gasteiger partial charge in [0, 0.05) is 48.0 Å². The van der Waals surface area contributed by atoms with Gasteiger partial charge in [-0.05, 0) is 36.6 Å². The minimum atomic E-state index is -3.53. The first-order valence-electron chi connectivity index (χ1n) is 9.22. The number of halogens is 1. The Bertz CT molecular complexity index is 1050. The van der Waals surface area contributed by atoms with Crippen molar-refractivity contribution in [3.05, 3.63) is 76.8 Å². The maximum atomic E-state index is 12.8. The number of benzene rings is 1. The van der Waals surface area contributed by atoms with Gasteiger partial charge in [-0.15, -0.1) is 0 Å². The Morgan fingerprint density at radius 1 is 1.18 bits per heavy atom. The summed E-state index contributed by atoms with van der Waals surface area (Å²) in [7, 11) is -3.53. The Hall–Kier alpha value is -2.22. The number of rotatable bonds is 5. The van der Waals surface area contributed by atoms with E-state index in [2.05, 4.69) is 10.2 Å². The zero-order chi connectivity index (χ0) is 19.6. The standard InChI is InChI=1S/C20H21ClN4O2S/c21-19-8-2-1-5-15(19)11-17-7-3-9-20(24-17)16-6-4-10-25(14-16)28(26,27)18-12-22-23-13-18/h1-3,5,7-9,12-13,16H,4,6,10-11,14H2,(H,22,23)/t16-/m0/s1. The monoisotopic (exact) mass is 416 g/mol. The number of sulfonamides is 1. The van der Waals surface area contributed by atoms with E-state index in [-0.39, 0.29) is 10.8 Å². The summed E-state index contributed by atoms with van der Waals surface area (Å²) in [4.78, 5) is 5.02. The van der Waals surface area contributed by atoms with Crippen LogP contribution in [0.3, 0.4) is 0 Å². The molecule has 1 aromatic carbocycles. The third-order valence-corrected chi connectivity index (χ3v) is 7.27. The fourth-order valence-corrected chi connectivity index (χ4v) is 5.23. The molecule has 2 aromatic heterocycles. The molecule has 0 aliphatic carbocycles. The summed E-state index contributed by atoms with van der Waals surface area (Å²) in [5, 5.41) is 7.07. The minimum absolute atomic E-state index is 0.0709. The van der Waals surface area contributed by atoms with Crippen LogP contribution in [0.15, 0.2) is 59.8 Å². The van der Waals surface area contributed by atoms with Crippen LogP contribution in [0.25, 0.3) is 0 Å². The van der Waals surface area contributed by atoms with Gasteiger partial charge in [-0.25, -0.2) is 8.42 Å². The molecule has 6 nitrogen and oxygen atoms in total. The molecule has 4 rings (SSSR count). The van der Waals surface area contributed by atoms with Crippen LogP contribution in [0.4, 0.5) is 0 Å². The van der Waals surface area contributed by atoms with Gasteiger partial charge in [-0.2, -0.15) is 9.40 Å². The van der Waals surface area contributed by atoms with Gasteiger partial charge in [-0.1, -0.05) is 35.9 Å². The molecule has 1 fully saturated rings. The van der Waals surface area contributed by atoms with Crippen molar-refractivity contribution in [3.63, 3.8) is 0 Å². The molecule has 0 unspecified atom stereocenters. The summed E-state index contributed by atoms with van der Waals surface area (Å²) >= 11 is 6.27. The lowest BCUT2D eigenvalue weighted by Gasteiger charge is -2.31. The van der Waals surface area contributed by atoms with Crippen LogP contribution in [-0.4, -0.2) is 41.0 Å². The first-order chi connectivity index (χ1) is 13.5. The van der Waals surface area contributed by atoms with Crippen LogP contribution in [0.2, 0.25) is 5.02 Å². The van der Waals surface area contributed by atoms with Crippen LogP contribution in [0, 0.1) is 0 Å².